The van der Waals surface area contributed by atoms with Gasteiger partial charge in [-0.05, 0) is 23.3 Å². The minimum absolute atomic E-state index is 0.120. The lowest BCUT2D eigenvalue weighted by Crippen LogP contribution is -2.35. The number of likely N-dealkylation sites (tertiary alicyclic amines) is 2. The highest BCUT2D eigenvalue weighted by Crippen LogP contribution is 2.27. The lowest BCUT2D eigenvalue weighted by molar-refractivity contribution is -0.141. The Morgan fingerprint density at radius 3 is 1.44 bits per heavy atom. The summed E-state index contributed by atoms with van der Waals surface area (Å²) in [4.78, 5) is 51.4. The Labute approximate surface area is 199 Å². The normalized spacial score (nSPS) is 21.8. The molecule has 2 aliphatic heterocycles. The van der Waals surface area contributed by atoms with Gasteiger partial charge in [-0.3, -0.25) is 29.0 Å². The minimum Gasteiger partial charge on any atom is -0.377 e. The fourth-order valence-corrected chi connectivity index (χ4v) is 5.58. The largest absolute Gasteiger partial charge is 0.377 e. The van der Waals surface area contributed by atoms with E-state index in [9.17, 15) is 19.2 Å². The van der Waals surface area contributed by atoms with Crippen LogP contribution < -0.4 is 0 Å². The third kappa shape index (κ3) is 8.35. The van der Waals surface area contributed by atoms with Crippen LogP contribution in [0.2, 0.25) is 0 Å². The smallest absolute Gasteiger partial charge is 0.242 e. The molecule has 0 bridgehead atoms. The molecule has 0 aromatic rings. The molecule has 0 spiro atoms. The second-order valence-electron chi connectivity index (χ2n) is 8.83. The van der Waals surface area contributed by atoms with E-state index >= 15 is 0 Å². The van der Waals surface area contributed by atoms with E-state index in [0.29, 0.717) is 25.0 Å². The molecule has 2 unspecified atom stereocenters. The summed E-state index contributed by atoms with van der Waals surface area (Å²) in [5.74, 6) is 2.16. The van der Waals surface area contributed by atoms with Gasteiger partial charge >= 0.3 is 0 Å². The molecular formula is C22H36N2O6S2. The Balaban J connectivity index is 1.55. The summed E-state index contributed by atoms with van der Waals surface area (Å²) in [6, 6.07) is 0. The van der Waals surface area contributed by atoms with E-state index in [1.807, 2.05) is 0 Å². The van der Waals surface area contributed by atoms with E-state index < -0.39 is 0 Å². The molecule has 2 fully saturated rings. The predicted octanol–water partition coefficient (Wildman–Crippen LogP) is 2.05. The zero-order valence-electron chi connectivity index (χ0n) is 19.5. The van der Waals surface area contributed by atoms with Crippen LogP contribution in [0.3, 0.4) is 0 Å². The molecule has 0 N–H and O–H groups in total. The maximum Gasteiger partial charge on any atom is 0.242 e. The van der Waals surface area contributed by atoms with E-state index in [2.05, 4.69) is 27.7 Å². The zero-order chi connectivity index (χ0) is 23.7. The summed E-state index contributed by atoms with van der Waals surface area (Å²) in [6.45, 7) is 10.0. The third-order valence-electron chi connectivity index (χ3n) is 4.96. The van der Waals surface area contributed by atoms with Crippen molar-refractivity contribution in [2.45, 2.75) is 51.0 Å². The summed E-state index contributed by atoms with van der Waals surface area (Å²) in [7, 11) is 0. The van der Waals surface area contributed by atoms with Gasteiger partial charge in [0.2, 0.25) is 23.6 Å². The highest BCUT2D eigenvalue weighted by atomic mass is 32.2. The van der Waals surface area contributed by atoms with Gasteiger partial charge in [0.1, 0.15) is 0 Å². The van der Waals surface area contributed by atoms with Crippen molar-refractivity contribution in [3.63, 3.8) is 0 Å². The summed E-state index contributed by atoms with van der Waals surface area (Å²) in [5, 5.41) is -0.541. The van der Waals surface area contributed by atoms with Crippen LogP contribution in [-0.4, -0.2) is 95.0 Å². The first-order valence-corrected chi connectivity index (χ1v) is 13.4. The van der Waals surface area contributed by atoms with Crippen molar-refractivity contribution >= 4 is 47.2 Å². The Bertz CT molecular complexity index is 617. The van der Waals surface area contributed by atoms with E-state index in [4.69, 9.17) is 9.47 Å². The molecule has 2 aliphatic rings. The quantitative estimate of drug-likeness (QED) is 0.255. The minimum atomic E-state index is -0.271. The number of carbonyl (C=O) groups excluding carboxylic acids is 4. The number of carbonyl (C=O) groups is 4. The molecule has 10 heteroatoms. The second-order valence-corrected chi connectivity index (χ2v) is 11.3. The lowest BCUT2D eigenvalue weighted by Gasteiger charge is -2.16. The molecule has 0 radical (unpaired) electrons. The summed E-state index contributed by atoms with van der Waals surface area (Å²) in [6.07, 6.45) is 0.536. The zero-order valence-corrected chi connectivity index (χ0v) is 21.2. The van der Waals surface area contributed by atoms with Crippen LogP contribution in [0.4, 0.5) is 0 Å². The average molecular weight is 489 g/mol. The first-order valence-electron chi connectivity index (χ1n) is 11.3. The Morgan fingerprint density at radius 1 is 0.719 bits per heavy atom. The molecule has 0 saturated carbocycles. The lowest BCUT2D eigenvalue weighted by atomic mass is 10.3. The van der Waals surface area contributed by atoms with Gasteiger partial charge in [-0.25, -0.2) is 0 Å². The molecule has 2 heterocycles. The van der Waals surface area contributed by atoms with E-state index in [1.54, 1.807) is 23.5 Å². The number of thioether (sulfide) groups is 2. The van der Waals surface area contributed by atoms with Crippen LogP contribution >= 0.6 is 23.5 Å². The highest BCUT2D eigenvalue weighted by Gasteiger charge is 2.39. The Kier molecular flexibility index (Phi) is 11.5. The summed E-state index contributed by atoms with van der Waals surface area (Å²) < 4.78 is 11.0. The van der Waals surface area contributed by atoms with Crippen molar-refractivity contribution in [1.29, 1.82) is 0 Å². The molecule has 2 rings (SSSR count). The molecule has 32 heavy (non-hydrogen) atoms. The van der Waals surface area contributed by atoms with Gasteiger partial charge in [0, 0.05) is 12.8 Å². The van der Waals surface area contributed by atoms with E-state index in [0.717, 1.165) is 11.5 Å². The highest BCUT2D eigenvalue weighted by molar-refractivity contribution is 8.00. The number of imide groups is 2. The number of amides is 4. The van der Waals surface area contributed by atoms with Gasteiger partial charge in [-0.15, -0.1) is 23.5 Å². The Hall–Kier alpha value is -1.10. The van der Waals surface area contributed by atoms with Crippen molar-refractivity contribution < 1.29 is 28.7 Å². The van der Waals surface area contributed by atoms with Crippen molar-refractivity contribution in [2.24, 2.45) is 11.8 Å². The van der Waals surface area contributed by atoms with Crippen LogP contribution in [-0.2, 0) is 28.7 Å². The molecule has 4 amide bonds. The fourth-order valence-electron chi connectivity index (χ4n) is 3.29. The van der Waals surface area contributed by atoms with Gasteiger partial charge in [-0.2, -0.15) is 0 Å². The number of hydrogen-bond donors (Lipinski definition) is 0. The van der Waals surface area contributed by atoms with E-state index in [-0.39, 0.29) is 73.3 Å². The molecule has 2 saturated heterocycles. The van der Waals surface area contributed by atoms with Crippen molar-refractivity contribution in [3.05, 3.63) is 0 Å². The fraction of sp³-hybridized carbons (Fsp3) is 0.818. The second kappa shape index (κ2) is 13.6. The average Bonchev–Trinajstić information content (AvgIpc) is 3.15. The van der Waals surface area contributed by atoms with Crippen molar-refractivity contribution in [1.82, 2.24) is 9.80 Å². The molecule has 0 aromatic heterocycles. The first kappa shape index (κ1) is 27.1. The summed E-state index contributed by atoms with van der Waals surface area (Å²) >= 11 is 3.10. The van der Waals surface area contributed by atoms with Crippen molar-refractivity contribution in [3.8, 4) is 0 Å². The van der Waals surface area contributed by atoms with Crippen LogP contribution in [0.1, 0.15) is 40.5 Å². The molecule has 8 nitrogen and oxygen atoms in total. The van der Waals surface area contributed by atoms with E-state index in [1.165, 1.54) is 9.80 Å². The summed E-state index contributed by atoms with van der Waals surface area (Å²) in [5.41, 5.74) is 0. The molecule has 0 aromatic carbocycles. The van der Waals surface area contributed by atoms with Crippen LogP contribution in [0, 0.1) is 11.8 Å². The molecular weight excluding hydrogens is 452 g/mol. The van der Waals surface area contributed by atoms with Gasteiger partial charge in [-0.1, -0.05) is 27.7 Å². The predicted molar refractivity (Wildman–Crippen MR) is 126 cm³/mol. The standard InChI is InChI=1S/C22H36N2O6S2/c1-15(2)13-31-17-11-19(25)23(21(17)27)5-7-29-9-10-30-8-6-24-20(26)12-18(22(24)28)32-14-16(3)4/h15-18H,5-14H2,1-4H3. The van der Waals surface area contributed by atoms with Crippen LogP contribution in [0.5, 0.6) is 0 Å². The van der Waals surface area contributed by atoms with Crippen LogP contribution in [0.25, 0.3) is 0 Å². The monoisotopic (exact) mass is 488 g/mol. The van der Waals surface area contributed by atoms with Gasteiger partial charge < -0.3 is 9.47 Å². The van der Waals surface area contributed by atoms with Crippen LogP contribution in [0.15, 0.2) is 0 Å². The van der Waals surface area contributed by atoms with Gasteiger partial charge in [0.15, 0.2) is 0 Å². The molecule has 2 atom stereocenters. The van der Waals surface area contributed by atoms with Gasteiger partial charge in [0.25, 0.3) is 0 Å². The van der Waals surface area contributed by atoms with Gasteiger partial charge in [0.05, 0.1) is 50.0 Å². The number of hydrogen-bond acceptors (Lipinski definition) is 8. The number of rotatable bonds is 15. The third-order valence-corrected chi connectivity index (χ3v) is 8.22. The maximum atomic E-state index is 12.4. The van der Waals surface area contributed by atoms with Crippen molar-refractivity contribution in [2.75, 3.05) is 51.0 Å². The topological polar surface area (TPSA) is 93.2 Å². The maximum absolute atomic E-state index is 12.4. The molecule has 0 aliphatic carbocycles. The molecule has 182 valence electrons. The number of ether oxygens (including phenoxy) is 2. The first-order chi connectivity index (χ1) is 15.2. The Morgan fingerprint density at radius 2 is 1.09 bits per heavy atom. The SMILES string of the molecule is CC(C)CSC1CC(=O)N(CCOCCOCCN2C(=O)CC(SCC(C)C)C2=O)C1=O. The number of nitrogens with zero attached hydrogens (tertiary/aromatic N) is 2.